The maximum atomic E-state index is 12.0. The first-order valence-corrected chi connectivity index (χ1v) is 9.17. The highest BCUT2D eigenvalue weighted by Crippen LogP contribution is 2.19. The fourth-order valence-corrected chi connectivity index (χ4v) is 3.73. The molecule has 7 heteroatoms. The number of hydrogen-bond acceptors (Lipinski definition) is 5. The molecule has 0 amide bonds. The fourth-order valence-electron chi connectivity index (χ4n) is 2.60. The third-order valence-electron chi connectivity index (χ3n) is 3.92. The monoisotopic (exact) mass is 324 g/mol. The molecule has 1 aliphatic heterocycles. The summed E-state index contributed by atoms with van der Waals surface area (Å²) in [6.07, 6.45) is 2.56. The van der Waals surface area contributed by atoms with Crippen molar-refractivity contribution in [2.24, 2.45) is 5.92 Å². The van der Waals surface area contributed by atoms with Crippen molar-refractivity contribution in [3.8, 4) is 0 Å². The Morgan fingerprint density at radius 3 is 2.77 bits per heavy atom. The smallest absolute Gasteiger partial charge is 0.212 e. The minimum Gasteiger partial charge on any atom is -0.439 e. The Labute approximate surface area is 129 Å². The highest BCUT2D eigenvalue weighted by atomic mass is 32.2. The quantitative estimate of drug-likeness (QED) is 0.879. The van der Waals surface area contributed by atoms with Crippen LogP contribution in [0.1, 0.15) is 25.2 Å². The van der Waals surface area contributed by atoms with Crippen molar-refractivity contribution in [2.45, 2.75) is 25.8 Å². The SMILES string of the molecule is O=S(=O)(CCC1CCOCC1)NCc1nc2ccccc2o1. The van der Waals surface area contributed by atoms with Gasteiger partial charge in [0.1, 0.15) is 5.52 Å². The van der Waals surface area contributed by atoms with E-state index in [0.29, 0.717) is 23.8 Å². The van der Waals surface area contributed by atoms with Gasteiger partial charge in [-0.3, -0.25) is 0 Å². The van der Waals surface area contributed by atoms with E-state index in [-0.39, 0.29) is 12.3 Å². The van der Waals surface area contributed by atoms with Gasteiger partial charge in [0.25, 0.3) is 0 Å². The van der Waals surface area contributed by atoms with Crippen LogP contribution in [0.4, 0.5) is 0 Å². The lowest BCUT2D eigenvalue weighted by molar-refractivity contribution is 0.0655. The normalized spacial score (nSPS) is 17.1. The molecule has 2 heterocycles. The van der Waals surface area contributed by atoms with Crippen LogP contribution in [0, 0.1) is 5.92 Å². The zero-order valence-corrected chi connectivity index (χ0v) is 13.1. The first-order valence-electron chi connectivity index (χ1n) is 7.52. The van der Waals surface area contributed by atoms with Crippen LogP contribution in [0.5, 0.6) is 0 Å². The molecule has 3 rings (SSSR count). The molecule has 0 aliphatic carbocycles. The van der Waals surface area contributed by atoms with E-state index in [9.17, 15) is 8.42 Å². The molecular weight excluding hydrogens is 304 g/mol. The van der Waals surface area contributed by atoms with Crippen LogP contribution in [-0.2, 0) is 21.3 Å². The van der Waals surface area contributed by atoms with Crippen molar-refractivity contribution >= 4 is 21.1 Å². The van der Waals surface area contributed by atoms with E-state index in [1.807, 2.05) is 24.3 Å². The summed E-state index contributed by atoms with van der Waals surface area (Å²) in [6.45, 7) is 1.56. The van der Waals surface area contributed by atoms with Gasteiger partial charge >= 0.3 is 0 Å². The summed E-state index contributed by atoms with van der Waals surface area (Å²) >= 11 is 0. The van der Waals surface area contributed by atoms with Crippen LogP contribution in [0.2, 0.25) is 0 Å². The van der Waals surface area contributed by atoms with Gasteiger partial charge in [0.15, 0.2) is 5.58 Å². The average Bonchev–Trinajstić information content (AvgIpc) is 2.95. The first-order chi connectivity index (χ1) is 10.6. The van der Waals surface area contributed by atoms with Crippen LogP contribution >= 0.6 is 0 Å². The number of benzene rings is 1. The molecule has 0 radical (unpaired) electrons. The van der Waals surface area contributed by atoms with E-state index in [4.69, 9.17) is 9.15 Å². The lowest BCUT2D eigenvalue weighted by atomic mass is 9.98. The van der Waals surface area contributed by atoms with Crippen molar-refractivity contribution in [2.75, 3.05) is 19.0 Å². The molecule has 1 fully saturated rings. The van der Waals surface area contributed by atoms with Crippen molar-refractivity contribution in [1.82, 2.24) is 9.71 Å². The second-order valence-electron chi connectivity index (χ2n) is 5.56. The molecule has 22 heavy (non-hydrogen) atoms. The predicted octanol–water partition coefficient (Wildman–Crippen LogP) is 2.06. The van der Waals surface area contributed by atoms with E-state index in [2.05, 4.69) is 9.71 Å². The van der Waals surface area contributed by atoms with Crippen LogP contribution in [0.15, 0.2) is 28.7 Å². The number of hydrogen-bond donors (Lipinski definition) is 1. The topological polar surface area (TPSA) is 81.4 Å². The van der Waals surface area contributed by atoms with Gasteiger partial charge < -0.3 is 9.15 Å². The molecule has 1 saturated heterocycles. The first kappa shape index (κ1) is 15.5. The molecule has 120 valence electrons. The van der Waals surface area contributed by atoms with E-state index in [0.717, 1.165) is 31.6 Å². The van der Waals surface area contributed by atoms with Gasteiger partial charge in [-0.15, -0.1) is 0 Å². The summed E-state index contributed by atoms with van der Waals surface area (Å²) in [6, 6.07) is 7.37. The molecule has 0 saturated carbocycles. The van der Waals surface area contributed by atoms with Crippen molar-refractivity contribution in [3.05, 3.63) is 30.2 Å². The number of sulfonamides is 1. The summed E-state index contributed by atoms with van der Waals surface area (Å²) in [4.78, 5) is 4.26. The van der Waals surface area contributed by atoms with Crippen LogP contribution in [-0.4, -0.2) is 32.4 Å². The number of fused-ring (bicyclic) bond motifs is 1. The van der Waals surface area contributed by atoms with Crippen molar-refractivity contribution in [1.29, 1.82) is 0 Å². The molecule has 6 nitrogen and oxygen atoms in total. The maximum Gasteiger partial charge on any atom is 0.212 e. The zero-order chi connectivity index (χ0) is 15.4. The minimum absolute atomic E-state index is 0.0881. The highest BCUT2D eigenvalue weighted by molar-refractivity contribution is 7.89. The molecule has 1 N–H and O–H groups in total. The Kier molecular flexibility index (Phi) is 4.75. The number of oxazole rings is 1. The largest absolute Gasteiger partial charge is 0.439 e. The van der Waals surface area contributed by atoms with Gasteiger partial charge in [0.2, 0.25) is 15.9 Å². The van der Waals surface area contributed by atoms with E-state index in [1.54, 1.807) is 0 Å². The third kappa shape index (κ3) is 4.06. The Balaban J connectivity index is 1.52. The molecule has 0 unspecified atom stereocenters. The minimum atomic E-state index is -3.31. The molecular formula is C15H20N2O4S. The summed E-state index contributed by atoms with van der Waals surface area (Å²) in [5, 5.41) is 0. The van der Waals surface area contributed by atoms with Gasteiger partial charge in [0, 0.05) is 13.2 Å². The van der Waals surface area contributed by atoms with Crippen molar-refractivity contribution < 1.29 is 17.6 Å². The molecule has 0 bridgehead atoms. The third-order valence-corrected chi connectivity index (χ3v) is 5.27. The summed E-state index contributed by atoms with van der Waals surface area (Å²) in [5.74, 6) is 0.961. The van der Waals surface area contributed by atoms with Crippen LogP contribution in [0.3, 0.4) is 0 Å². The van der Waals surface area contributed by atoms with Gasteiger partial charge in [-0.2, -0.15) is 0 Å². The highest BCUT2D eigenvalue weighted by Gasteiger charge is 2.18. The standard InChI is InChI=1S/C15H20N2O4S/c18-22(19,10-7-12-5-8-20-9-6-12)16-11-15-17-13-3-1-2-4-14(13)21-15/h1-4,12,16H,5-11H2. The molecule has 1 aromatic heterocycles. The molecule has 0 atom stereocenters. The second-order valence-corrected chi connectivity index (χ2v) is 7.49. The lowest BCUT2D eigenvalue weighted by Gasteiger charge is -2.21. The molecule has 1 aliphatic rings. The predicted molar refractivity (Wildman–Crippen MR) is 82.8 cm³/mol. The number of ether oxygens (including phenoxy) is 1. The maximum absolute atomic E-state index is 12.0. The van der Waals surface area contributed by atoms with Crippen molar-refractivity contribution in [3.63, 3.8) is 0 Å². The fraction of sp³-hybridized carbons (Fsp3) is 0.533. The van der Waals surface area contributed by atoms with Gasteiger partial charge in [-0.25, -0.2) is 18.1 Å². The van der Waals surface area contributed by atoms with Crippen LogP contribution in [0.25, 0.3) is 11.1 Å². The number of aromatic nitrogens is 1. The lowest BCUT2D eigenvalue weighted by Crippen LogP contribution is -2.28. The average molecular weight is 324 g/mol. The van der Waals surface area contributed by atoms with Crippen LogP contribution < -0.4 is 4.72 Å². The Morgan fingerprint density at radius 2 is 2.00 bits per heavy atom. The summed E-state index contributed by atoms with van der Waals surface area (Å²) in [7, 11) is -3.31. The van der Waals surface area contributed by atoms with Gasteiger partial charge in [-0.05, 0) is 37.3 Å². The summed E-state index contributed by atoms with van der Waals surface area (Å²) in [5.41, 5.74) is 1.40. The van der Waals surface area contributed by atoms with E-state index >= 15 is 0 Å². The van der Waals surface area contributed by atoms with Gasteiger partial charge in [0.05, 0.1) is 12.3 Å². The number of rotatable bonds is 6. The van der Waals surface area contributed by atoms with E-state index in [1.165, 1.54) is 0 Å². The summed E-state index contributed by atoms with van der Waals surface area (Å²) < 4.78 is 37.4. The molecule has 0 spiro atoms. The zero-order valence-electron chi connectivity index (χ0n) is 12.3. The Hall–Kier alpha value is -1.44. The number of para-hydroxylation sites is 2. The number of nitrogens with zero attached hydrogens (tertiary/aromatic N) is 1. The molecule has 2 aromatic rings. The Morgan fingerprint density at radius 1 is 1.23 bits per heavy atom. The Bertz CT molecular complexity index is 687. The second kappa shape index (κ2) is 6.76. The number of nitrogens with one attached hydrogen (secondary N) is 1. The molecule has 1 aromatic carbocycles. The van der Waals surface area contributed by atoms with E-state index < -0.39 is 10.0 Å². The van der Waals surface area contributed by atoms with Gasteiger partial charge in [-0.1, -0.05) is 12.1 Å².